The molecule has 0 atom stereocenters. The first kappa shape index (κ1) is 18.6. The highest BCUT2D eigenvalue weighted by Gasteiger charge is 2.17. The molecule has 29 heavy (non-hydrogen) atoms. The van der Waals surface area contributed by atoms with Crippen LogP contribution in [0.3, 0.4) is 0 Å². The third kappa shape index (κ3) is 3.52. The molecule has 0 spiro atoms. The highest BCUT2D eigenvalue weighted by atomic mass is 16.3. The maximum Gasteiger partial charge on any atom is 0.277 e. The van der Waals surface area contributed by atoms with Crippen molar-refractivity contribution in [2.24, 2.45) is 0 Å². The lowest BCUT2D eigenvalue weighted by Crippen LogP contribution is -2.35. The Morgan fingerprint density at radius 3 is 2.55 bits per heavy atom. The minimum Gasteiger partial charge on any atom is -0.389 e. The first-order chi connectivity index (χ1) is 13.7. The van der Waals surface area contributed by atoms with Crippen molar-refractivity contribution in [1.82, 2.24) is 44.8 Å². The number of aliphatic hydroxyl groups is 1. The fraction of sp³-hybridized carbons (Fsp3) is 0.294. The molecular weight excluding hydrogens is 378 g/mol. The second-order valence-electron chi connectivity index (χ2n) is 7.20. The van der Waals surface area contributed by atoms with Gasteiger partial charge in [0, 0.05) is 5.70 Å². The Hall–Kier alpha value is -3.80. The van der Waals surface area contributed by atoms with Crippen LogP contribution in [0.15, 0.2) is 34.4 Å². The number of tetrazole rings is 1. The third-order valence-corrected chi connectivity index (χ3v) is 4.18. The summed E-state index contributed by atoms with van der Waals surface area (Å²) in [6.07, 6.45) is 4.17. The summed E-state index contributed by atoms with van der Waals surface area (Å²) in [5.74, 6) is 0. The normalized spacial score (nSPS) is 12.8. The van der Waals surface area contributed by atoms with Gasteiger partial charge in [0.05, 0.1) is 34.6 Å². The number of hydrogen-bond acceptors (Lipinski definition) is 9. The van der Waals surface area contributed by atoms with Crippen LogP contribution >= 0.6 is 0 Å². The van der Waals surface area contributed by atoms with E-state index < -0.39 is 11.2 Å². The van der Waals surface area contributed by atoms with E-state index in [1.54, 1.807) is 20.8 Å². The first-order valence-corrected chi connectivity index (χ1v) is 8.65. The molecule has 148 valence electrons. The van der Waals surface area contributed by atoms with E-state index in [1.165, 1.54) is 40.4 Å². The molecule has 0 bridgehead atoms. The molecule has 12 nitrogen and oxygen atoms in total. The molecule has 0 aliphatic heterocycles. The van der Waals surface area contributed by atoms with Gasteiger partial charge in [-0.3, -0.25) is 14.2 Å². The molecule has 3 aromatic heterocycles. The summed E-state index contributed by atoms with van der Waals surface area (Å²) in [6, 6.07) is 2.99. The van der Waals surface area contributed by atoms with E-state index in [-0.39, 0.29) is 28.4 Å². The molecule has 0 radical (unpaired) electrons. The molecule has 4 aromatic rings. The zero-order valence-corrected chi connectivity index (χ0v) is 15.9. The number of nitrogens with zero attached hydrogens (tertiary/aromatic N) is 9. The van der Waals surface area contributed by atoms with Gasteiger partial charge in [0.1, 0.15) is 11.8 Å². The van der Waals surface area contributed by atoms with E-state index in [1.807, 2.05) is 0 Å². The average molecular weight is 395 g/mol. The van der Waals surface area contributed by atoms with Crippen molar-refractivity contribution in [3.05, 3.63) is 45.5 Å². The summed E-state index contributed by atoms with van der Waals surface area (Å²) in [4.78, 5) is 31.2. The number of hydrogen-bond donors (Lipinski definition) is 1. The van der Waals surface area contributed by atoms with E-state index in [0.29, 0.717) is 11.2 Å². The molecule has 12 heteroatoms. The van der Waals surface area contributed by atoms with Gasteiger partial charge in [-0.25, -0.2) is 9.67 Å². The zero-order chi connectivity index (χ0) is 20.8. The molecule has 0 unspecified atom stereocenters. The molecule has 0 saturated carbocycles. The molecule has 0 aliphatic carbocycles. The summed E-state index contributed by atoms with van der Waals surface area (Å²) >= 11 is 0. The maximum atomic E-state index is 12.9. The van der Waals surface area contributed by atoms with Crippen molar-refractivity contribution in [3.63, 3.8) is 0 Å². The lowest BCUT2D eigenvalue weighted by Gasteiger charge is -2.17. The summed E-state index contributed by atoms with van der Waals surface area (Å²) in [5.41, 5.74) is -0.741. The van der Waals surface area contributed by atoms with Gasteiger partial charge < -0.3 is 5.11 Å². The third-order valence-electron chi connectivity index (χ3n) is 4.18. The fourth-order valence-electron chi connectivity index (χ4n) is 2.88. The smallest absolute Gasteiger partial charge is 0.277 e. The molecular formula is C17H17N9O3. The van der Waals surface area contributed by atoms with E-state index in [0.717, 1.165) is 4.68 Å². The summed E-state index contributed by atoms with van der Waals surface area (Å²) in [7, 11) is 0. The Kier molecular flexibility index (Phi) is 4.27. The lowest BCUT2D eigenvalue weighted by atomic mass is 10.1. The zero-order valence-electron chi connectivity index (χ0n) is 15.9. The number of aromatic nitrogens is 9. The van der Waals surface area contributed by atoms with Crippen LogP contribution in [0, 0.1) is 0 Å². The largest absolute Gasteiger partial charge is 0.389 e. The number of benzene rings is 1. The molecule has 0 saturated heterocycles. The van der Waals surface area contributed by atoms with Crippen molar-refractivity contribution in [3.8, 4) is 0 Å². The number of rotatable bonds is 4. The Labute approximate surface area is 162 Å². The molecule has 1 N–H and O–H groups in total. The minimum absolute atomic E-state index is 0.0118. The van der Waals surface area contributed by atoms with Gasteiger partial charge in [0.2, 0.25) is 0 Å². The lowest BCUT2D eigenvalue weighted by molar-refractivity contribution is 0.0554. The van der Waals surface area contributed by atoms with Gasteiger partial charge in [0.25, 0.3) is 11.1 Å². The van der Waals surface area contributed by atoms with Crippen LogP contribution in [0.25, 0.3) is 33.7 Å². The van der Waals surface area contributed by atoms with Crippen LogP contribution in [-0.2, 0) is 6.54 Å². The van der Waals surface area contributed by atoms with Crippen LogP contribution in [-0.4, -0.2) is 55.5 Å². The van der Waals surface area contributed by atoms with Gasteiger partial charge >= 0.3 is 0 Å². The summed E-state index contributed by atoms with van der Waals surface area (Å²) in [6.45, 7) is 4.83. The molecule has 0 amide bonds. The minimum atomic E-state index is -1.13. The molecule has 0 fully saturated rings. The van der Waals surface area contributed by atoms with Crippen molar-refractivity contribution in [2.75, 3.05) is 0 Å². The van der Waals surface area contributed by atoms with E-state index in [2.05, 4.69) is 30.7 Å². The van der Waals surface area contributed by atoms with Gasteiger partial charge in [-0.05, 0) is 38.1 Å². The van der Waals surface area contributed by atoms with Crippen LogP contribution in [0.1, 0.15) is 20.8 Å². The van der Waals surface area contributed by atoms with Gasteiger partial charge in [-0.1, -0.05) is 5.21 Å². The van der Waals surface area contributed by atoms with Gasteiger partial charge in [-0.15, -0.1) is 20.1 Å². The van der Waals surface area contributed by atoms with Gasteiger partial charge in [0.15, 0.2) is 6.33 Å². The van der Waals surface area contributed by atoms with Crippen LogP contribution < -0.4 is 11.1 Å². The highest BCUT2D eigenvalue weighted by molar-refractivity contribution is 5.93. The predicted molar refractivity (Wildman–Crippen MR) is 104 cm³/mol. The average Bonchev–Trinajstić information content (AvgIpc) is 3.15. The fourth-order valence-corrected chi connectivity index (χ4v) is 2.88. The van der Waals surface area contributed by atoms with Crippen LogP contribution in [0.5, 0.6) is 0 Å². The maximum absolute atomic E-state index is 12.9. The van der Waals surface area contributed by atoms with Crippen LogP contribution in [0.2, 0.25) is 0 Å². The second-order valence-corrected chi connectivity index (χ2v) is 7.20. The van der Waals surface area contributed by atoms with Crippen LogP contribution in [0.4, 0.5) is 0 Å². The van der Waals surface area contributed by atoms with Crippen molar-refractivity contribution >= 4 is 33.7 Å². The molecule has 3 heterocycles. The van der Waals surface area contributed by atoms with Gasteiger partial charge in [-0.2, -0.15) is 0 Å². The van der Waals surface area contributed by atoms with E-state index >= 15 is 0 Å². The SMILES string of the molecule is C/C(=C\n1ncnn1)n1cnc2cc3c(=O)n(CC(C)(C)O)nnc3cc2c1=O. The summed E-state index contributed by atoms with van der Waals surface area (Å²) in [5, 5.41) is 29.6. The number of allylic oxidation sites excluding steroid dienone is 1. The Balaban J connectivity index is 1.87. The Bertz CT molecular complexity index is 1360. The standard InChI is InChI=1S/C17H17N9O3/c1-10(6-26-20-8-19-22-26)24-9-18-13-4-12-14(5-11(13)15(24)27)21-23-25(16(12)28)7-17(2,3)29/h4-6,8-9,29H,7H2,1-3H3/b10-6+. The topological polar surface area (TPSA) is 146 Å². The van der Waals surface area contributed by atoms with E-state index in [4.69, 9.17) is 0 Å². The van der Waals surface area contributed by atoms with Crippen molar-refractivity contribution < 1.29 is 5.11 Å². The quantitative estimate of drug-likeness (QED) is 0.461. The first-order valence-electron chi connectivity index (χ1n) is 8.65. The van der Waals surface area contributed by atoms with Crippen molar-refractivity contribution in [2.45, 2.75) is 32.9 Å². The number of fused-ring (bicyclic) bond motifs is 2. The molecule has 0 aliphatic rings. The predicted octanol–water partition coefficient (Wildman–Crippen LogP) is -0.266. The Morgan fingerprint density at radius 1 is 1.14 bits per heavy atom. The summed E-state index contributed by atoms with van der Waals surface area (Å²) < 4.78 is 2.42. The monoisotopic (exact) mass is 395 g/mol. The Morgan fingerprint density at radius 2 is 1.86 bits per heavy atom. The molecule has 1 aromatic carbocycles. The molecule has 4 rings (SSSR count). The highest BCUT2D eigenvalue weighted by Crippen LogP contribution is 2.15. The van der Waals surface area contributed by atoms with Crippen molar-refractivity contribution in [1.29, 1.82) is 0 Å². The second kappa shape index (κ2) is 6.67. The van der Waals surface area contributed by atoms with E-state index in [9.17, 15) is 14.7 Å².